The minimum atomic E-state index is -0.804. The summed E-state index contributed by atoms with van der Waals surface area (Å²) in [7, 11) is 1.38. The number of rotatable bonds is 7. The fourth-order valence-electron chi connectivity index (χ4n) is 4.55. The maximum Gasteiger partial charge on any atom is 0.404 e. The number of hydrogen-bond donors (Lipinski definition) is 1. The van der Waals surface area contributed by atoms with Crippen LogP contribution in [0.4, 0.5) is 13.6 Å². The van der Waals surface area contributed by atoms with E-state index in [1.54, 1.807) is 16.8 Å². The highest BCUT2D eigenvalue weighted by Crippen LogP contribution is 2.44. The molecule has 0 aliphatic heterocycles. The lowest BCUT2D eigenvalue weighted by molar-refractivity contribution is 0.0694. The quantitative estimate of drug-likeness (QED) is 0.472. The van der Waals surface area contributed by atoms with Crippen LogP contribution in [0.15, 0.2) is 36.4 Å². The third-order valence-corrected chi connectivity index (χ3v) is 6.22. The second-order valence-corrected chi connectivity index (χ2v) is 8.43. The van der Waals surface area contributed by atoms with Gasteiger partial charge in [0.15, 0.2) is 11.6 Å². The number of carbonyl (C=O) groups excluding carboxylic acids is 1. The zero-order valence-electron chi connectivity index (χ0n) is 20.0. The summed E-state index contributed by atoms with van der Waals surface area (Å²) in [6.07, 6.45) is 1.38. The number of hydrogen-bond acceptors (Lipinski definition) is 6. The molecule has 10 heteroatoms. The minimum absolute atomic E-state index is 0.0860. The molecule has 0 atom stereocenters. The van der Waals surface area contributed by atoms with Crippen LogP contribution in [0.2, 0.25) is 0 Å². The predicted molar refractivity (Wildman–Crippen MR) is 127 cm³/mol. The lowest BCUT2D eigenvalue weighted by Crippen LogP contribution is -2.28. The summed E-state index contributed by atoms with van der Waals surface area (Å²) in [5, 5.41) is 13.9. The van der Waals surface area contributed by atoms with Gasteiger partial charge in [-0.05, 0) is 62.4 Å². The number of aromatic nitrogens is 2. The largest absolute Gasteiger partial charge is 0.494 e. The van der Waals surface area contributed by atoms with Crippen molar-refractivity contribution in [2.24, 2.45) is 5.73 Å². The molecule has 3 aromatic rings. The van der Waals surface area contributed by atoms with E-state index >= 15 is 0 Å². The number of primary amides is 1. The molecule has 1 heterocycles. The molecule has 0 spiro atoms. The average Bonchev–Trinajstić information content (AvgIpc) is 3.23. The van der Waals surface area contributed by atoms with Crippen molar-refractivity contribution in [3.05, 3.63) is 53.6 Å². The molecule has 0 radical (unpaired) electrons. The van der Waals surface area contributed by atoms with Crippen LogP contribution in [-0.4, -0.2) is 35.7 Å². The lowest BCUT2D eigenvalue weighted by atomic mass is 9.93. The molecule has 36 heavy (non-hydrogen) atoms. The molecule has 1 aliphatic carbocycles. The first-order valence-corrected chi connectivity index (χ1v) is 11.6. The number of nitriles is 1. The van der Waals surface area contributed by atoms with E-state index in [4.69, 9.17) is 30.3 Å². The van der Waals surface area contributed by atoms with Gasteiger partial charge in [-0.3, -0.25) is 0 Å². The summed E-state index contributed by atoms with van der Waals surface area (Å²) in [5.41, 5.74) is 6.86. The highest BCUT2D eigenvalue weighted by atomic mass is 19.1. The molecule has 2 aromatic carbocycles. The van der Waals surface area contributed by atoms with Crippen molar-refractivity contribution in [3.8, 4) is 40.1 Å². The molecule has 1 aromatic heterocycles. The van der Waals surface area contributed by atoms with Crippen molar-refractivity contribution in [2.75, 3.05) is 13.7 Å². The van der Waals surface area contributed by atoms with E-state index in [1.165, 1.54) is 31.4 Å². The average molecular weight is 497 g/mol. The Morgan fingerprint density at radius 1 is 1.14 bits per heavy atom. The highest BCUT2D eigenvalue weighted by molar-refractivity contribution is 5.85. The molecule has 4 rings (SSSR count). The van der Waals surface area contributed by atoms with Gasteiger partial charge >= 0.3 is 6.09 Å². The van der Waals surface area contributed by atoms with Crippen molar-refractivity contribution in [3.63, 3.8) is 0 Å². The third kappa shape index (κ3) is 4.96. The van der Waals surface area contributed by atoms with Crippen molar-refractivity contribution >= 4 is 6.09 Å². The summed E-state index contributed by atoms with van der Waals surface area (Å²) in [6, 6.07) is 10.5. The second kappa shape index (κ2) is 10.6. The van der Waals surface area contributed by atoms with Crippen LogP contribution in [-0.2, 0) is 4.74 Å². The van der Waals surface area contributed by atoms with E-state index in [2.05, 4.69) is 0 Å². The first-order valence-electron chi connectivity index (χ1n) is 11.6. The first kappa shape index (κ1) is 25.0. The van der Waals surface area contributed by atoms with Crippen LogP contribution in [0, 0.1) is 23.0 Å². The molecule has 1 fully saturated rings. The van der Waals surface area contributed by atoms with Crippen molar-refractivity contribution in [2.45, 2.75) is 44.8 Å². The number of nitrogens with zero attached hydrogens (tertiary/aromatic N) is 3. The minimum Gasteiger partial charge on any atom is -0.494 e. The zero-order valence-corrected chi connectivity index (χ0v) is 20.0. The molecule has 2 N–H and O–H groups in total. The molecular weight excluding hydrogens is 470 g/mol. The molecule has 188 valence electrons. The standard InChI is InChI=1S/C26H26F2N4O4/c1-3-35-25-23(15-6-11-22(34-2)21(28)12-15)24(16-4-5-17(14-29)20(27)13-16)31-32(25)18-7-9-19(10-8-18)36-26(30)33/h4-6,11-13,18-19H,3,7-10H2,1-2H3,(H2,30,33). The zero-order chi connectivity index (χ0) is 25.8. The van der Waals surface area contributed by atoms with E-state index in [-0.39, 0.29) is 23.5 Å². The van der Waals surface area contributed by atoms with Gasteiger partial charge in [-0.15, -0.1) is 0 Å². The normalized spacial score (nSPS) is 17.3. The van der Waals surface area contributed by atoms with Crippen LogP contribution in [0.25, 0.3) is 22.4 Å². The van der Waals surface area contributed by atoms with E-state index in [9.17, 15) is 13.6 Å². The summed E-state index contributed by atoms with van der Waals surface area (Å²) in [4.78, 5) is 11.1. The number of amides is 1. The van der Waals surface area contributed by atoms with Crippen LogP contribution in [0.5, 0.6) is 11.6 Å². The molecule has 1 saturated carbocycles. The maximum absolute atomic E-state index is 14.7. The van der Waals surface area contributed by atoms with Crippen LogP contribution >= 0.6 is 0 Å². The Morgan fingerprint density at radius 3 is 2.42 bits per heavy atom. The Kier molecular flexibility index (Phi) is 7.38. The highest BCUT2D eigenvalue weighted by Gasteiger charge is 2.31. The van der Waals surface area contributed by atoms with Gasteiger partial charge in [0.1, 0.15) is 23.7 Å². The van der Waals surface area contributed by atoms with Crippen molar-refractivity contribution in [1.82, 2.24) is 9.78 Å². The number of benzene rings is 2. The third-order valence-electron chi connectivity index (χ3n) is 6.22. The molecular formula is C26H26F2N4O4. The van der Waals surface area contributed by atoms with Gasteiger partial charge in [-0.1, -0.05) is 12.1 Å². The van der Waals surface area contributed by atoms with Gasteiger partial charge in [0.25, 0.3) is 0 Å². The topological polar surface area (TPSA) is 112 Å². The number of nitrogens with two attached hydrogens (primary N) is 1. The molecule has 1 aliphatic rings. The van der Waals surface area contributed by atoms with E-state index in [1.807, 2.05) is 13.0 Å². The Hall–Kier alpha value is -4.13. The Morgan fingerprint density at radius 2 is 1.83 bits per heavy atom. The summed E-state index contributed by atoms with van der Waals surface area (Å²) >= 11 is 0. The van der Waals surface area contributed by atoms with Gasteiger partial charge in [0.05, 0.1) is 30.9 Å². The van der Waals surface area contributed by atoms with Crippen LogP contribution in [0.3, 0.4) is 0 Å². The van der Waals surface area contributed by atoms with Crippen molar-refractivity contribution < 1.29 is 27.8 Å². The van der Waals surface area contributed by atoms with Gasteiger partial charge in [-0.2, -0.15) is 10.4 Å². The summed E-state index contributed by atoms with van der Waals surface area (Å²) in [5.74, 6) is -0.742. The van der Waals surface area contributed by atoms with Crippen LogP contribution < -0.4 is 15.2 Å². The molecule has 0 unspecified atom stereocenters. The van der Waals surface area contributed by atoms with E-state index in [0.717, 1.165) is 0 Å². The molecule has 8 nitrogen and oxygen atoms in total. The summed E-state index contributed by atoms with van der Waals surface area (Å²) < 4.78 is 47.3. The monoisotopic (exact) mass is 496 g/mol. The number of methoxy groups -OCH3 is 1. The fraction of sp³-hybridized carbons (Fsp3) is 0.346. The Bertz CT molecular complexity index is 1310. The van der Waals surface area contributed by atoms with Gasteiger partial charge in [0, 0.05) is 5.56 Å². The van der Waals surface area contributed by atoms with Gasteiger partial charge in [0.2, 0.25) is 5.88 Å². The van der Waals surface area contributed by atoms with Gasteiger partial charge in [-0.25, -0.2) is 18.3 Å². The molecule has 0 saturated heterocycles. The number of carbonyl (C=O) groups is 1. The summed E-state index contributed by atoms with van der Waals surface area (Å²) in [6.45, 7) is 2.15. The first-order chi connectivity index (χ1) is 17.4. The Labute approximate surface area is 207 Å². The predicted octanol–water partition coefficient (Wildman–Crippen LogP) is 5.35. The van der Waals surface area contributed by atoms with Crippen LogP contribution in [0.1, 0.15) is 44.2 Å². The molecule has 0 bridgehead atoms. The molecule has 1 amide bonds. The number of halogens is 2. The Balaban J connectivity index is 1.85. The van der Waals surface area contributed by atoms with Gasteiger partial charge < -0.3 is 19.9 Å². The lowest BCUT2D eigenvalue weighted by Gasteiger charge is -2.28. The van der Waals surface area contributed by atoms with Crippen molar-refractivity contribution in [1.29, 1.82) is 5.26 Å². The SMILES string of the molecule is CCOc1c(-c2ccc(OC)c(F)c2)c(-c2ccc(C#N)c(F)c2)nn1C1CCC(OC(N)=O)CC1. The fourth-order valence-corrected chi connectivity index (χ4v) is 4.55. The second-order valence-electron chi connectivity index (χ2n) is 8.43. The van der Waals surface area contributed by atoms with E-state index < -0.39 is 17.7 Å². The van der Waals surface area contributed by atoms with E-state index in [0.29, 0.717) is 60.6 Å². The number of ether oxygens (including phenoxy) is 3. The smallest absolute Gasteiger partial charge is 0.404 e. The maximum atomic E-state index is 14.7.